The second-order valence-corrected chi connectivity index (χ2v) is 4.75. The van der Waals surface area contributed by atoms with Crippen molar-refractivity contribution in [2.45, 2.75) is 38.3 Å². The maximum atomic E-state index is 13.6. The van der Waals surface area contributed by atoms with Crippen LogP contribution in [0.25, 0.3) is 0 Å². The molecule has 0 unspecified atom stereocenters. The average molecular weight is 250 g/mol. The molecule has 1 aromatic rings. The molecule has 98 valence electrons. The van der Waals surface area contributed by atoms with Gasteiger partial charge < -0.3 is 10.6 Å². The van der Waals surface area contributed by atoms with Gasteiger partial charge in [0.25, 0.3) is 0 Å². The van der Waals surface area contributed by atoms with Crippen LogP contribution in [0.4, 0.5) is 4.39 Å². The van der Waals surface area contributed by atoms with Gasteiger partial charge in [0.05, 0.1) is 12.1 Å². The Kier molecular flexibility index (Phi) is 4.31. The van der Waals surface area contributed by atoms with Crippen molar-refractivity contribution in [3.63, 3.8) is 0 Å². The van der Waals surface area contributed by atoms with E-state index in [0.717, 1.165) is 25.8 Å². The largest absolute Gasteiger partial charge is 0.348 e. The highest BCUT2D eigenvalue weighted by molar-refractivity contribution is 5.82. The fraction of sp³-hybridized carbons (Fsp3) is 0.500. The first-order valence-corrected chi connectivity index (χ1v) is 6.46. The number of carbonyl (C=O) groups excluding carboxylic acids is 1. The van der Waals surface area contributed by atoms with E-state index >= 15 is 0 Å². The van der Waals surface area contributed by atoms with E-state index in [9.17, 15) is 9.18 Å². The van der Waals surface area contributed by atoms with Crippen LogP contribution in [0.2, 0.25) is 0 Å². The van der Waals surface area contributed by atoms with Gasteiger partial charge in [0.15, 0.2) is 0 Å². The summed E-state index contributed by atoms with van der Waals surface area (Å²) in [5.74, 6) is -0.313. The highest BCUT2D eigenvalue weighted by atomic mass is 19.1. The van der Waals surface area contributed by atoms with E-state index < -0.39 is 0 Å². The molecule has 2 atom stereocenters. The number of rotatable bonds is 3. The topological polar surface area (TPSA) is 41.1 Å². The Balaban J connectivity index is 1.96. The van der Waals surface area contributed by atoms with Gasteiger partial charge in [-0.15, -0.1) is 0 Å². The maximum absolute atomic E-state index is 13.6. The minimum atomic E-state index is -0.303. The molecule has 4 heteroatoms. The van der Waals surface area contributed by atoms with Gasteiger partial charge in [-0.3, -0.25) is 4.79 Å². The van der Waals surface area contributed by atoms with Crippen molar-refractivity contribution in [2.24, 2.45) is 0 Å². The van der Waals surface area contributed by atoms with Gasteiger partial charge in [-0.2, -0.15) is 0 Å². The fourth-order valence-electron chi connectivity index (χ4n) is 2.29. The Morgan fingerprint density at radius 1 is 1.44 bits per heavy atom. The minimum absolute atomic E-state index is 0.0366. The molecule has 1 aliphatic rings. The molecule has 1 saturated heterocycles. The molecular formula is C14H19FN2O. The van der Waals surface area contributed by atoms with Crippen LogP contribution in [0.3, 0.4) is 0 Å². The van der Waals surface area contributed by atoms with Crippen molar-refractivity contribution in [3.8, 4) is 0 Å². The standard InChI is InChI=1S/C14H19FN2O/c1-10(11-6-2-3-7-12(11)15)17-14(18)13-8-4-5-9-16-13/h2-3,6-7,10,13,16H,4-5,8-9H2,1H3,(H,17,18)/t10-,13+/m1/s1. The lowest BCUT2D eigenvalue weighted by Gasteiger charge is -2.24. The van der Waals surface area contributed by atoms with Gasteiger partial charge in [-0.1, -0.05) is 24.6 Å². The van der Waals surface area contributed by atoms with Gasteiger partial charge in [0.1, 0.15) is 5.82 Å². The Morgan fingerprint density at radius 3 is 2.89 bits per heavy atom. The van der Waals surface area contributed by atoms with Crippen LogP contribution in [-0.2, 0) is 4.79 Å². The normalized spacial score (nSPS) is 21.3. The molecule has 1 aromatic carbocycles. The van der Waals surface area contributed by atoms with Crippen LogP contribution < -0.4 is 10.6 Å². The highest BCUT2D eigenvalue weighted by Gasteiger charge is 2.22. The third-order valence-corrected chi connectivity index (χ3v) is 3.36. The van der Waals surface area contributed by atoms with Crippen LogP contribution in [0, 0.1) is 5.82 Å². The van der Waals surface area contributed by atoms with E-state index in [0.29, 0.717) is 5.56 Å². The van der Waals surface area contributed by atoms with Gasteiger partial charge in [-0.25, -0.2) is 4.39 Å². The first-order valence-electron chi connectivity index (χ1n) is 6.46. The fourth-order valence-corrected chi connectivity index (χ4v) is 2.29. The summed E-state index contributed by atoms with van der Waals surface area (Å²) in [6, 6.07) is 6.11. The lowest BCUT2D eigenvalue weighted by molar-refractivity contribution is -0.124. The molecule has 1 fully saturated rings. The zero-order valence-electron chi connectivity index (χ0n) is 10.6. The number of piperidine rings is 1. The van der Waals surface area contributed by atoms with Crippen molar-refractivity contribution in [1.29, 1.82) is 0 Å². The van der Waals surface area contributed by atoms with E-state index in [2.05, 4.69) is 10.6 Å². The quantitative estimate of drug-likeness (QED) is 0.863. The SMILES string of the molecule is C[C@@H](NC(=O)[C@@H]1CCCCN1)c1ccccc1F. The third-order valence-electron chi connectivity index (χ3n) is 3.36. The predicted molar refractivity (Wildman–Crippen MR) is 68.6 cm³/mol. The summed E-state index contributed by atoms with van der Waals surface area (Å²) in [4.78, 5) is 12.0. The monoisotopic (exact) mass is 250 g/mol. The summed E-state index contributed by atoms with van der Waals surface area (Å²) in [6.45, 7) is 2.69. The molecule has 18 heavy (non-hydrogen) atoms. The van der Waals surface area contributed by atoms with E-state index in [1.165, 1.54) is 6.07 Å². The molecular weight excluding hydrogens is 231 g/mol. The zero-order chi connectivity index (χ0) is 13.0. The van der Waals surface area contributed by atoms with E-state index in [-0.39, 0.29) is 23.8 Å². The molecule has 0 aliphatic carbocycles. The van der Waals surface area contributed by atoms with Crippen molar-refractivity contribution in [2.75, 3.05) is 6.54 Å². The third kappa shape index (κ3) is 3.07. The van der Waals surface area contributed by atoms with Gasteiger partial charge in [-0.05, 0) is 32.4 Å². The number of hydrogen-bond acceptors (Lipinski definition) is 2. The van der Waals surface area contributed by atoms with Gasteiger partial charge in [0.2, 0.25) is 5.91 Å². The molecule has 0 saturated carbocycles. The average Bonchev–Trinajstić information content (AvgIpc) is 2.40. The molecule has 2 rings (SSSR count). The number of carbonyl (C=O) groups is 1. The molecule has 2 N–H and O–H groups in total. The molecule has 0 radical (unpaired) electrons. The molecule has 3 nitrogen and oxygen atoms in total. The van der Waals surface area contributed by atoms with Gasteiger partial charge in [0, 0.05) is 5.56 Å². The summed E-state index contributed by atoms with van der Waals surface area (Å²) >= 11 is 0. The van der Waals surface area contributed by atoms with Crippen molar-refractivity contribution in [1.82, 2.24) is 10.6 Å². The van der Waals surface area contributed by atoms with E-state index in [1.807, 2.05) is 0 Å². The number of hydrogen-bond donors (Lipinski definition) is 2. The first-order chi connectivity index (χ1) is 8.68. The summed E-state index contributed by atoms with van der Waals surface area (Å²) in [7, 11) is 0. The smallest absolute Gasteiger partial charge is 0.237 e. The Morgan fingerprint density at radius 2 is 2.22 bits per heavy atom. The molecule has 0 bridgehead atoms. The minimum Gasteiger partial charge on any atom is -0.348 e. The Labute approximate surface area is 107 Å². The molecule has 1 amide bonds. The second kappa shape index (κ2) is 5.96. The summed E-state index contributed by atoms with van der Waals surface area (Å²) < 4.78 is 13.6. The van der Waals surface area contributed by atoms with Crippen molar-refractivity contribution < 1.29 is 9.18 Å². The summed E-state index contributed by atoms with van der Waals surface area (Å²) in [5, 5.41) is 6.05. The van der Waals surface area contributed by atoms with Crippen LogP contribution in [0.15, 0.2) is 24.3 Å². The zero-order valence-corrected chi connectivity index (χ0v) is 10.6. The Bertz CT molecular complexity index is 416. The molecule has 1 aliphatic heterocycles. The summed E-state index contributed by atoms with van der Waals surface area (Å²) in [5.41, 5.74) is 0.529. The van der Waals surface area contributed by atoms with E-state index in [4.69, 9.17) is 0 Å². The molecule has 0 spiro atoms. The highest BCUT2D eigenvalue weighted by Crippen LogP contribution is 2.17. The van der Waals surface area contributed by atoms with Crippen LogP contribution in [-0.4, -0.2) is 18.5 Å². The van der Waals surface area contributed by atoms with Crippen LogP contribution in [0.5, 0.6) is 0 Å². The van der Waals surface area contributed by atoms with Crippen molar-refractivity contribution in [3.05, 3.63) is 35.6 Å². The van der Waals surface area contributed by atoms with Crippen LogP contribution in [0.1, 0.15) is 37.8 Å². The molecule has 1 heterocycles. The predicted octanol–water partition coefficient (Wildman–Crippen LogP) is 2.14. The number of halogens is 1. The first kappa shape index (κ1) is 13.0. The van der Waals surface area contributed by atoms with Crippen LogP contribution >= 0.6 is 0 Å². The number of amides is 1. The van der Waals surface area contributed by atoms with Crippen molar-refractivity contribution >= 4 is 5.91 Å². The molecule has 0 aromatic heterocycles. The lowest BCUT2D eigenvalue weighted by atomic mass is 10.0. The number of benzene rings is 1. The summed E-state index contributed by atoms with van der Waals surface area (Å²) in [6.07, 6.45) is 3.04. The Hall–Kier alpha value is -1.42. The number of nitrogens with one attached hydrogen (secondary N) is 2. The second-order valence-electron chi connectivity index (χ2n) is 4.75. The lowest BCUT2D eigenvalue weighted by Crippen LogP contribution is -2.47. The maximum Gasteiger partial charge on any atom is 0.237 e. The van der Waals surface area contributed by atoms with Gasteiger partial charge >= 0.3 is 0 Å². The van der Waals surface area contributed by atoms with E-state index in [1.54, 1.807) is 25.1 Å².